The zero-order valence-electron chi connectivity index (χ0n) is 10.7. The van der Waals surface area contributed by atoms with Crippen molar-refractivity contribution in [2.45, 2.75) is 45.4 Å². The van der Waals surface area contributed by atoms with Gasteiger partial charge in [-0.25, -0.2) is 4.79 Å². The summed E-state index contributed by atoms with van der Waals surface area (Å²) < 4.78 is 0. The fourth-order valence-electron chi connectivity index (χ4n) is 1.61. The van der Waals surface area contributed by atoms with E-state index in [4.69, 9.17) is 5.73 Å². The molecule has 0 unspecified atom stereocenters. The molecule has 6 heteroatoms. The number of hydrogen-bond donors (Lipinski definition) is 3. The van der Waals surface area contributed by atoms with Crippen LogP contribution < -0.4 is 16.7 Å². The van der Waals surface area contributed by atoms with Gasteiger partial charge in [0, 0.05) is 6.42 Å². The summed E-state index contributed by atoms with van der Waals surface area (Å²) in [5, 5.41) is 2.63. The second-order valence-corrected chi connectivity index (χ2v) is 4.23. The first-order chi connectivity index (χ1) is 8.63. The topological polar surface area (TPSA) is 101 Å². The molecule has 100 valence electrons. The van der Waals surface area contributed by atoms with E-state index in [1.807, 2.05) is 0 Å². The van der Waals surface area contributed by atoms with E-state index in [2.05, 4.69) is 22.2 Å². The van der Waals surface area contributed by atoms with Crippen LogP contribution >= 0.6 is 0 Å². The van der Waals surface area contributed by atoms with E-state index in [0.29, 0.717) is 12.1 Å². The maximum Gasteiger partial charge on any atom is 0.346 e. The smallest absolute Gasteiger partial charge is 0.346 e. The van der Waals surface area contributed by atoms with Crippen molar-refractivity contribution in [3.8, 4) is 0 Å². The molecule has 0 saturated heterocycles. The lowest BCUT2D eigenvalue weighted by atomic mass is 10.1. The molecule has 0 aliphatic rings. The number of nitrogen functional groups attached to an aromatic ring is 1. The van der Waals surface area contributed by atoms with Crippen molar-refractivity contribution in [3.05, 3.63) is 16.7 Å². The van der Waals surface area contributed by atoms with E-state index in [1.54, 1.807) is 0 Å². The van der Waals surface area contributed by atoms with Crippen molar-refractivity contribution in [3.63, 3.8) is 0 Å². The normalized spacial score (nSPS) is 10.3. The summed E-state index contributed by atoms with van der Waals surface area (Å²) in [4.78, 5) is 28.3. The Hall–Kier alpha value is -1.85. The molecule has 1 amide bonds. The summed E-state index contributed by atoms with van der Waals surface area (Å²) in [7, 11) is 0. The van der Waals surface area contributed by atoms with E-state index < -0.39 is 5.69 Å². The first-order valence-corrected chi connectivity index (χ1v) is 6.28. The Morgan fingerprint density at radius 2 is 2.11 bits per heavy atom. The van der Waals surface area contributed by atoms with Crippen molar-refractivity contribution in [2.75, 3.05) is 11.1 Å². The highest BCUT2D eigenvalue weighted by Gasteiger charge is 2.06. The number of carbonyl (C=O) groups excluding carboxylic acids is 1. The van der Waals surface area contributed by atoms with Crippen LogP contribution in [-0.4, -0.2) is 15.9 Å². The highest BCUT2D eigenvalue weighted by molar-refractivity contribution is 5.92. The van der Waals surface area contributed by atoms with Crippen LogP contribution in [0.15, 0.2) is 11.0 Å². The average molecular weight is 252 g/mol. The van der Waals surface area contributed by atoms with Crippen LogP contribution in [0.3, 0.4) is 0 Å². The van der Waals surface area contributed by atoms with E-state index in [-0.39, 0.29) is 11.7 Å². The van der Waals surface area contributed by atoms with Gasteiger partial charge in [-0.2, -0.15) is 4.98 Å². The highest BCUT2D eigenvalue weighted by Crippen LogP contribution is 2.12. The zero-order valence-corrected chi connectivity index (χ0v) is 10.7. The number of aromatic amines is 1. The Bertz CT molecular complexity index is 442. The second-order valence-electron chi connectivity index (χ2n) is 4.23. The molecule has 18 heavy (non-hydrogen) atoms. The lowest BCUT2D eigenvalue weighted by Gasteiger charge is -2.06. The van der Waals surface area contributed by atoms with Gasteiger partial charge < -0.3 is 11.1 Å². The monoisotopic (exact) mass is 252 g/mol. The molecular weight excluding hydrogens is 232 g/mol. The van der Waals surface area contributed by atoms with Gasteiger partial charge in [-0.1, -0.05) is 32.6 Å². The molecule has 0 fully saturated rings. The Kier molecular flexibility index (Phi) is 5.90. The molecule has 4 N–H and O–H groups in total. The van der Waals surface area contributed by atoms with Crippen LogP contribution in [0.1, 0.15) is 45.4 Å². The van der Waals surface area contributed by atoms with Gasteiger partial charge in [0.25, 0.3) is 0 Å². The quantitative estimate of drug-likeness (QED) is 0.642. The maximum absolute atomic E-state index is 11.6. The fourth-order valence-corrected chi connectivity index (χ4v) is 1.61. The summed E-state index contributed by atoms with van der Waals surface area (Å²) in [5.41, 5.74) is 5.39. The molecule has 0 aliphatic heterocycles. The summed E-state index contributed by atoms with van der Waals surface area (Å²) in [5.74, 6) is 0.0291. The minimum absolute atomic E-state index is 0.105. The zero-order chi connectivity index (χ0) is 13.4. The van der Waals surface area contributed by atoms with Crippen molar-refractivity contribution < 1.29 is 4.79 Å². The third-order valence-electron chi connectivity index (χ3n) is 2.62. The van der Waals surface area contributed by atoms with Gasteiger partial charge in [-0.3, -0.25) is 9.78 Å². The maximum atomic E-state index is 11.6. The number of anilines is 2. The summed E-state index contributed by atoms with van der Waals surface area (Å²) in [6.07, 6.45) is 7.20. The molecule has 6 nitrogen and oxygen atoms in total. The predicted molar refractivity (Wildman–Crippen MR) is 71.3 cm³/mol. The molecule has 0 atom stereocenters. The highest BCUT2D eigenvalue weighted by atomic mass is 16.2. The largest absolute Gasteiger partial charge is 0.383 e. The Morgan fingerprint density at radius 3 is 2.78 bits per heavy atom. The number of amides is 1. The fraction of sp³-hybridized carbons (Fsp3) is 0.583. The Labute approximate surface area is 106 Å². The lowest BCUT2D eigenvalue weighted by Crippen LogP contribution is -2.18. The van der Waals surface area contributed by atoms with E-state index in [9.17, 15) is 9.59 Å². The molecule has 1 heterocycles. The molecule has 0 aliphatic carbocycles. The number of aromatic nitrogens is 2. The van der Waals surface area contributed by atoms with Crippen molar-refractivity contribution in [1.29, 1.82) is 0 Å². The number of nitrogens with zero attached hydrogens (tertiary/aromatic N) is 1. The minimum atomic E-state index is -0.523. The molecule has 0 aromatic carbocycles. The van der Waals surface area contributed by atoms with Crippen LogP contribution in [0.2, 0.25) is 0 Å². The van der Waals surface area contributed by atoms with Gasteiger partial charge in [0.05, 0.1) is 6.20 Å². The molecule has 1 aromatic heterocycles. The third kappa shape index (κ3) is 4.99. The van der Waals surface area contributed by atoms with E-state index >= 15 is 0 Å². The molecule has 0 radical (unpaired) electrons. The Morgan fingerprint density at radius 1 is 1.39 bits per heavy atom. The second kappa shape index (κ2) is 7.47. The van der Waals surface area contributed by atoms with Crippen LogP contribution in [0.5, 0.6) is 0 Å². The molecule has 0 saturated carbocycles. The molecule has 1 rings (SSSR count). The predicted octanol–water partition coefficient (Wildman–Crippen LogP) is 1.65. The summed E-state index contributed by atoms with van der Waals surface area (Å²) in [6, 6.07) is 0. The van der Waals surface area contributed by atoms with Gasteiger partial charge in [-0.15, -0.1) is 0 Å². The van der Waals surface area contributed by atoms with E-state index in [1.165, 1.54) is 19.0 Å². The number of nitrogens with one attached hydrogen (secondary N) is 2. The average Bonchev–Trinajstić information content (AvgIpc) is 2.32. The standard InChI is InChI=1S/C12H20N4O2/c1-2-3-4-5-6-7-10(17)15-9-8-14-12(18)16-11(9)13/h8H,2-7H2,1H3,(H,15,17)(H3,13,14,16,18). The van der Waals surface area contributed by atoms with Gasteiger partial charge in [0.1, 0.15) is 11.5 Å². The number of unbranched alkanes of at least 4 members (excludes halogenated alkanes) is 4. The molecule has 0 bridgehead atoms. The lowest BCUT2D eigenvalue weighted by molar-refractivity contribution is -0.116. The molecule has 0 spiro atoms. The number of carbonyl (C=O) groups is 1. The van der Waals surface area contributed by atoms with Crippen LogP contribution in [0, 0.1) is 0 Å². The van der Waals surface area contributed by atoms with Crippen LogP contribution in [-0.2, 0) is 4.79 Å². The minimum Gasteiger partial charge on any atom is -0.383 e. The van der Waals surface area contributed by atoms with Crippen molar-refractivity contribution >= 4 is 17.4 Å². The van der Waals surface area contributed by atoms with Crippen molar-refractivity contribution in [1.82, 2.24) is 9.97 Å². The number of nitrogens with two attached hydrogens (primary N) is 1. The Balaban J connectivity index is 2.33. The summed E-state index contributed by atoms with van der Waals surface area (Å²) in [6.45, 7) is 2.15. The van der Waals surface area contributed by atoms with Gasteiger partial charge in [0.15, 0.2) is 0 Å². The molecular formula is C12H20N4O2. The first-order valence-electron chi connectivity index (χ1n) is 6.28. The van der Waals surface area contributed by atoms with Gasteiger partial charge >= 0.3 is 5.69 Å². The number of rotatable bonds is 7. The van der Waals surface area contributed by atoms with Crippen LogP contribution in [0.25, 0.3) is 0 Å². The van der Waals surface area contributed by atoms with Gasteiger partial charge in [0.2, 0.25) is 5.91 Å². The van der Waals surface area contributed by atoms with Gasteiger partial charge in [-0.05, 0) is 6.42 Å². The number of hydrogen-bond acceptors (Lipinski definition) is 4. The first kappa shape index (κ1) is 14.2. The molecule has 1 aromatic rings. The third-order valence-corrected chi connectivity index (χ3v) is 2.62. The van der Waals surface area contributed by atoms with Crippen molar-refractivity contribution in [2.24, 2.45) is 0 Å². The summed E-state index contributed by atoms with van der Waals surface area (Å²) >= 11 is 0. The van der Waals surface area contributed by atoms with E-state index in [0.717, 1.165) is 19.3 Å². The van der Waals surface area contributed by atoms with Crippen LogP contribution in [0.4, 0.5) is 11.5 Å². The SMILES string of the molecule is CCCCCCCC(=O)Nc1cnc(=O)[nH]c1N. The number of H-pyrrole nitrogens is 1.